The molecule has 0 aliphatic rings. The van der Waals surface area contributed by atoms with E-state index in [0.29, 0.717) is 16.8 Å². The summed E-state index contributed by atoms with van der Waals surface area (Å²) >= 11 is 0. The van der Waals surface area contributed by atoms with Crippen LogP contribution in [0, 0.1) is 5.82 Å². The van der Waals surface area contributed by atoms with Crippen LogP contribution in [-0.4, -0.2) is 16.4 Å². The fraction of sp³-hybridized carbons (Fsp3) is 0. The maximum atomic E-state index is 12.8. The minimum atomic E-state index is -0.499. The molecule has 2 N–H and O–H groups in total. The van der Waals surface area contributed by atoms with Crippen molar-refractivity contribution < 1.29 is 14.0 Å². The number of rotatable bonds is 4. The Kier molecular flexibility index (Phi) is 5.24. The van der Waals surface area contributed by atoms with Gasteiger partial charge in [-0.25, -0.2) is 4.39 Å². The van der Waals surface area contributed by atoms with Gasteiger partial charge in [-0.05, 0) is 48.0 Å². The normalized spacial score (nSPS) is 10.7. The number of nitrogens with zero attached hydrogens (tertiary/aromatic N) is 1. The molecular formula is C20H16FN3O2. The molecule has 0 fully saturated rings. The predicted octanol–water partition coefficient (Wildman–Crippen LogP) is 3.09. The van der Waals surface area contributed by atoms with Crippen LogP contribution in [-0.2, 0) is 4.79 Å². The minimum Gasteiger partial charge on any atom is -0.323 e. The van der Waals surface area contributed by atoms with Crippen LogP contribution in [0.5, 0.6) is 0 Å². The standard InChI is InChI=1S/C20H16FN3O2/c21-16-10-7-15(8-11-16)9-12-19(25)22-23-20(26)17-5-1-2-6-18(17)24-13-3-4-14-24/h1-14H,(H,22,25)(H,23,26)/b12-9+. The van der Waals surface area contributed by atoms with Crippen LogP contribution >= 0.6 is 0 Å². The molecular weight excluding hydrogens is 333 g/mol. The number of halogens is 1. The van der Waals surface area contributed by atoms with Crippen LogP contribution in [0.3, 0.4) is 0 Å². The summed E-state index contributed by atoms with van der Waals surface area (Å²) in [5.74, 6) is -1.28. The molecule has 1 aromatic heterocycles. The van der Waals surface area contributed by atoms with Gasteiger partial charge in [-0.15, -0.1) is 0 Å². The molecule has 1 heterocycles. The Balaban J connectivity index is 1.62. The van der Waals surface area contributed by atoms with Gasteiger partial charge in [0.05, 0.1) is 11.3 Å². The largest absolute Gasteiger partial charge is 0.323 e. The summed E-state index contributed by atoms with van der Waals surface area (Å²) in [7, 11) is 0. The molecule has 0 saturated heterocycles. The number of para-hydroxylation sites is 1. The first kappa shape index (κ1) is 17.2. The highest BCUT2D eigenvalue weighted by Gasteiger charge is 2.12. The molecule has 0 radical (unpaired) electrons. The highest BCUT2D eigenvalue weighted by molar-refractivity contribution is 6.00. The number of nitrogens with one attached hydrogen (secondary N) is 2. The van der Waals surface area contributed by atoms with Crippen molar-refractivity contribution in [3.63, 3.8) is 0 Å². The van der Waals surface area contributed by atoms with Crippen molar-refractivity contribution in [1.82, 2.24) is 15.4 Å². The number of carbonyl (C=O) groups is 2. The summed E-state index contributed by atoms with van der Waals surface area (Å²) in [4.78, 5) is 24.2. The first-order valence-corrected chi connectivity index (χ1v) is 7.90. The van der Waals surface area contributed by atoms with Crippen LogP contribution in [0.25, 0.3) is 11.8 Å². The fourth-order valence-corrected chi connectivity index (χ4v) is 2.36. The van der Waals surface area contributed by atoms with E-state index in [2.05, 4.69) is 10.9 Å². The third kappa shape index (κ3) is 4.24. The van der Waals surface area contributed by atoms with E-state index in [-0.39, 0.29) is 5.82 Å². The lowest BCUT2D eigenvalue weighted by Crippen LogP contribution is -2.41. The second-order valence-corrected chi connectivity index (χ2v) is 5.44. The lowest BCUT2D eigenvalue weighted by Gasteiger charge is -2.11. The Labute approximate surface area is 149 Å². The summed E-state index contributed by atoms with van der Waals surface area (Å²) in [6.45, 7) is 0. The number of hydrogen-bond donors (Lipinski definition) is 2. The van der Waals surface area contributed by atoms with Crippen molar-refractivity contribution in [3.05, 3.63) is 96.1 Å². The van der Waals surface area contributed by atoms with Crippen molar-refractivity contribution in [1.29, 1.82) is 0 Å². The predicted molar refractivity (Wildman–Crippen MR) is 96.8 cm³/mol. The lowest BCUT2D eigenvalue weighted by molar-refractivity contribution is -0.117. The first-order chi connectivity index (χ1) is 12.6. The molecule has 6 heteroatoms. The van der Waals surface area contributed by atoms with Gasteiger partial charge in [0.25, 0.3) is 11.8 Å². The monoisotopic (exact) mass is 349 g/mol. The molecule has 3 rings (SSSR count). The van der Waals surface area contributed by atoms with Gasteiger partial charge < -0.3 is 4.57 Å². The lowest BCUT2D eigenvalue weighted by atomic mass is 10.1. The summed E-state index contributed by atoms with van der Waals surface area (Å²) < 4.78 is 14.6. The molecule has 130 valence electrons. The van der Waals surface area contributed by atoms with Crippen LogP contribution in [0.15, 0.2) is 79.1 Å². The quantitative estimate of drug-likeness (QED) is 0.562. The van der Waals surface area contributed by atoms with E-state index in [1.807, 2.05) is 41.2 Å². The van der Waals surface area contributed by atoms with Gasteiger partial charge >= 0.3 is 0 Å². The Bertz CT molecular complexity index is 932. The van der Waals surface area contributed by atoms with Crippen LogP contribution in [0.1, 0.15) is 15.9 Å². The topological polar surface area (TPSA) is 63.1 Å². The smallest absolute Gasteiger partial charge is 0.271 e. The zero-order valence-corrected chi connectivity index (χ0v) is 13.7. The number of carbonyl (C=O) groups excluding carboxylic acids is 2. The molecule has 0 bridgehead atoms. The van der Waals surface area contributed by atoms with Crippen LogP contribution < -0.4 is 10.9 Å². The third-order valence-electron chi connectivity index (χ3n) is 3.63. The number of benzene rings is 2. The third-order valence-corrected chi connectivity index (χ3v) is 3.63. The Morgan fingerprint density at radius 3 is 2.31 bits per heavy atom. The minimum absolute atomic E-state index is 0.347. The number of amides is 2. The maximum Gasteiger partial charge on any atom is 0.271 e. The van der Waals surface area contributed by atoms with E-state index >= 15 is 0 Å². The number of hydrazine groups is 1. The average molecular weight is 349 g/mol. The van der Waals surface area contributed by atoms with Gasteiger partial charge in [-0.1, -0.05) is 24.3 Å². The highest BCUT2D eigenvalue weighted by Crippen LogP contribution is 2.14. The second kappa shape index (κ2) is 7.94. The summed E-state index contributed by atoms with van der Waals surface area (Å²) in [6, 6.07) is 16.5. The van der Waals surface area contributed by atoms with Gasteiger partial charge in [0.2, 0.25) is 0 Å². The van der Waals surface area contributed by atoms with E-state index in [1.165, 1.54) is 24.3 Å². The number of hydrogen-bond acceptors (Lipinski definition) is 2. The summed E-state index contributed by atoms with van der Waals surface area (Å²) in [5, 5.41) is 0. The first-order valence-electron chi connectivity index (χ1n) is 7.90. The van der Waals surface area contributed by atoms with Crippen LogP contribution in [0.4, 0.5) is 4.39 Å². The molecule has 26 heavy (non-hydrogen) atoms. The Morgan fingerprint density at radius 1 is 0.885 bits per heavy atom. The highest BCUT2D eigenvalue weighted by atomic mass is 19.1. The van der Waals surface area contributed by atoms with Crippen LogP contribution in [0.2, 0.25) is 0 Å². The van der Waals surface area contributed by atoms with E-state index in [1.54, 1.807) is 24.3 Å². The Morgan fingerprint density at radius 2 is 1.58 bits per heavy atom. The number of aromatic nitrogens is 1. The van der Waals surface area contributed by atoms with Gasteiger partial charge in [0, 0.05) is 18.5 Å². The summed E-state index contributed by atoms with van der Waals surface area (Å²) in [6.07, 6.45) is 6.44. The van der Waals surface area contributed by atoms with E-state index in [0.717, 1.165) is 0 Å². The molecule has 0 aliphatic carbocycles. The molecule has 0 spiro atoms. The second-order valence-electron chi connectivity index (χ2n) is 5.44. The molecule has 0 atom stereocenters. The van der Waals surface area contributed by atoms with Gasteiger partial charge in [-0.2, -0.15) is 0 Å². The van der Waals surface area contributed by atoms with E-state index in [9.17, 15) is 14.0 Å². The van der Waals surface area contributed by atoms with E-state index in [4.69, 9.17) is 0 Å². The molecule has 0 aliphatic heterocycles. The molecule has 0 saturated carbocycles. The average Bonchev–Trinajstić information content (AvgIpc) is 3.20. The molecule has 5 nitrogen and oxygen atoms in total. The van der Waals surface area contributed by atoms with Gasteiger partial charge in [-0.3, -0.25) is 20.4 Å². The molecule has 2 aromatic carbocycles. The zero-order chi connectivity index (χ0) is 18.4. The molecule has 0 unspecified atom stereocenters. The van der Waals surface area contributed by atoms with Crippen molar-refractivity contribution in [2.24, 2.45) is 0 Å². The van der Waals surface area contributed by atoms with Crippen molar-refractivity contribution in [3.8, 4) is 5.69 Å². The summed E-state index contributed by atoms with van der Waals surface area (Å²) in [5.41, 5.74) is 6.50. The fourth-order valence-electron chi connectivity index (χ4n) is 2.36. The Hall–Kier alpha value is -3.67. The SMILES string of the molecule is O=C(/C=C/c1ccc(F)cc1)NNC(=O)c1ccccc1-n1cccc1. The maximum absolute atomic E-state index is 12.8. The van der Waals surface area contributed by atoms with Gasteiger partial charge in [0.1, 0.15) is 5.82 Å². The van der Waals surface area contributed by atoms with Crippen molar-refractivity contribution in [2.45, 2.75) is 0 Å². The van der Waals surface area contributed by atoms with E-state index < -0.39 is 11.8 Å². The zero-order valence-electron chi connectivity index (χ0n) is 13.7. The van der Waals surface area contributed by atoms with Crippen molar-refractivity contribution in [2.75, 3.05) is 0 Å². The van der Waals surface area contributed by atoms with Gasteiger partial charge in [0.15, 0.2) is 0 Å². The van der Waals surface area contributed by atoms with Crippen molar-refractivity contribution >= 4 is 17.9 Å². The molecule has 3 aromatic rings. The molecule has 2 amide bonds.